The van der Waals surface area contributed by atoms with Gasteiger partial charge in [-0.15, -0.1) is 0 Å². The molecule has 5 heteroatoms. The number of halogens is 1. The molecule has 0 saturated heterocycles. The molecule has 0 bridgehead atoms. The first-order valence-electron chi connectivity index (χ1n) is 7.08. The van der Waals surface area contributed by atoms with E-state index in [0.29, 0.717) is 23.1 Å². The SMILES string of the molecule is OC[C@H](Cc1ccccc1)Nc1ncnc2ccc(F)cc12. The molecule has 3 aromatic rings. The number of nitrogens with zero attached hydrogens (tertiary/aromatic N) is 2. The minimum Gasteiger partial charge on any atom is -0.394 e. The molecule has 0 aliphatic carbocycles. The third-order valence-electron chi connectivity index (χ3n) is 3.48. The topological polar surface area (TPSA) is 58.0 Å². The summed E-state index contributed by atoms with van der Waals surface area (Å²) in [6, 6.07) is 14.0. The number of aromatic nitrogens is 2. The van der Waals surface area contributed by atoms with E-state index < -0.39 is 0 Å². The fourth-order valence-electron chi connectivity index (χ4n) is 2.40. The van der Waals surface area contributed by atoms with Crippen molar-refractivity contribution in [3.63, 3.8) is 0 Å². The third kappa shape index (κ3) is 3.20. The van der Waals surface area contributed by atoms with Gasteiger partial charge in [0.05, 0.1) is 18.2 Å². The molecule has 0 fully saturated rings. The van der Waals surface area contributed by atoms with Crippen LogP contribution in [0.3, 0.4) is 0 Å². The molecule has 0 saturated carbocycles. The number of nitrogens with one attached hydrogen (secondary N) is 1. The second-order valence-electron chi connectivity index (χ2n) is 5.10. The van der Waals surface area contributed by atoms with Crippen LogP contribution < -0.4 is 5.32 Å². The van der Waals surface area contributed by atoms with Gasteiger partial charge in [0.1, 0.15) is 18.0 Å². The maximum Gasteiger partial charge on any atom is 0.137 e. The average molecular weight is 297 g/mol. The second kappa shape index (κ2) is 6.49. The molecule has 1 heterocycles. The van der Waals surface area contributed by atoms with Crippen LogP contribution in [0.15, 0.2) is 54.9 Å². The normalized spacial score (nSPS) is 12.3. The lowest BCUT2D eigenvalue weighted by Crippen LogP contribution is -2.27. The van der Waals surface area contributed by atoms with E-state index in [1.54, 1.807) is 6.07 Å². The molecular weight excluding hydrogens is 281 g/mol. The van der Waals surface area contributed by atoms with E-state index in [0.717, 1.165) is 5.56 Å². The van der Waals surface area contributed by atoms with Crippen LogP contribution in [0.2, 0.25) is 0 Å². The van der Waals surface area contributed by atoms with Crippen LogP contribution in [-0.4, -0.2) is 27.7 Å². The van der Waals surface area contributed by atoms with Gasteiger partial charge in [-0.05, 0) is 30.2 Å². The summed E-state index contributed by atoms with van der Waals surface area (Å²) in [4.78, 5) is 8.30. The Morgan fingerprint density at radius 1 is 1.09 bits per heavy atom. The molecule has 0 radical (unpaired) electrons. The minimum absolute atomic E-state index is 0.0459. The summed E-state index contributed by atoms with van der Waals surface area (Å²) >= 11 is 0. The number of hydrogen-bond donors (Lipinski definition) is 2. The van der Waals surface area contributed by atoms with Gasteiger partial charge in [0.25, 0.3) is 0 Å². The highest BCUT2D eigenvalue weighted by Crippen LogP contribution is 2.21. The molecule has 2 N–H and O–H groups in total. The van der Waals surface area contributed by atoms with Crippen molar-refractivity contribution in [1.29, 1.82) is 0 Å². The van der Waals surface area contributed by atoms with Crippen LogP contribution in [0.4, 0.5) is 10.2 Å². The number of hydrogen-bond acceptors (Lipinski definition) is 4. The number of benzene rings is 2. The van der Waals surface area contributed by atoms with E-state index in [9.17, 15) is 9.50 Å². The zero-order chi connectivity index (χ0) is 15.4. The van der Waals surface area contributed by atoms with Gasteiger partial charge in [0, 0.05) is 5.39 Å². The van der Waals surface area contributed by atoms with E-state index in [4.69, 9.17) is 0 Å². The van der Waals surface area contributed by atoms with Gasteiger partial charge in [-0.3, -0.25) is 0 Å². The Morgan fingerprint density at radius 2 is 1.91 bits per heavy atom. The van der Waals surface area contributed by atoms with Crippen molar-refractivity contribution in [1.82, 2.24) is 9.97 Å². The Bertz CT molecular complexity index is 764. The van der Waals surface area contributed by atoms with Gasteiger partial charge in [-0.25, -0.2) is 14.4 Å². The monoisotopic (exact) mass is 297 g/mol. The number of aliphatic hydroxyl groups is 1. The highest BCUT2D eigenvalue weighted by Gasteiger charge is 2.12. The molecule has 1 aromatic heterocycles. The smallest absolute Gasteiger partial charge is 0.137 e. The zero-order valence-corrected chi connectivity index (χ0v) is 11.9. The lowest BCUT2D eigenvalue weighted by Gasteiger charge is -2.18. The Hall–Kier alpha value is -2.53. The van der Waals surface area contributed by atoms with Crippen molar-refractivity contribution >= 4 is 16.7 Å². The van der Waals surface area contributed by atoms with Crippen LogP contribution in [0, 0.1) is 5.82 Å². The van der Waals surface area contributed by atoms with Crippen molar-refractivity contribution in [2.24, 2.45) is 0 Å². The summed E-state index contributed by atoms with van der Waals surface area (Å²) in [5.74, 6) is 0.188. The van der Waals surface area contributed by atoms with Crippen LogP contribution >= 0.6 is 0 Å². The minimum atomic E-state index is -0.339. The van der Waals surface area contributed by atoms with Gasteiger partial charge in [-0.1, -0.05) is 30.3 Å². The molecule has 3 rings (SSSR count). The average Bonchev–Trinajstić information content (AvgIpc) is 2.55. The molecule has 22 heavy (non-hydrogen) atoms. The predicted molar refractivity (Wildman–Crippen MR) is 84.1 cm³/mol. The predicted octanol–water partition coefficient (Wildman–Crippen LogP) is 2.78. The highest BCUT2D eigenvalue weighted by molar-refractivity contribution is 5.88. The highest BCUT2D eigenvalue weighted by atomic mass is 19.1. The number of aliphatic hydroxyl groups excluding tert-OH is 1. The maximum absolute atomic E-state index is 13.5. The molecule has 112 valence electrons. The number of anilines is 1. The van der Waals surface area contributed by atoms with Crippen LogP contribution in [-0.2, 0) is 6.42 Å². The largest absolute Gasteiger partial charge is 0.394 e. The molecule has 0 unspecified atom stereocenters. The van der Waals surface area contributed by atoms with Crippen LogP contribution in [0.5, 0.6) is 0 Å². The molecule has 0 aliphatic rings. The van der Waals surface area contributed by atoms with Gasteiger partial charge in [-0.2, -0.15) is 0 Å². The first-order chi connectivity index (χ1) is 10.8. The van der Waals surface area contributed by atoms with Crippen molar-refractivity contribution in [2.45, 2.75) is 12.5 Å². The van der Waals surface area contributed by atoms with E-state index >= 15 is 0 Å². The summed E-state index contributed by atoms with van der Waals surface area (Å²) in [5, 5.41) is 13.4. The Labute approximate surface area is 127 Å². The molecule has 2 aromatic carbocycles. The summed E-state index contributed by atoms with van der Waals surface area (Å²) in [6.07, 6.45) is 2.08. The fraction of sp³-hybridized carbons (Fsp3) is 0.176. The molecule has 0 spiro atoms. The molecule has 1 atom stereocenters. The van der Waals surface area contributed by atoms with E-state index in [1.165, 1.54) is 18.5 Å². The van der Waals surface area contributed by atoms with E-state index in [2.05, 4.69) is 15.3 Å². The Morgan fingerprint density at radius 3 is 2.68 bits per heavy atom. The maximum atomic E-state index is 13.5. The molecular formula is C17H16FN3O. The first-order valence-corrected chi connectivity index (χ1v) is 7.08. The Balaban J connectivity index is 1.86. The van der Waals surface area contributed by atoms with Crippen LogP contribution in [0.1, 0.15) is 5.56 Å². The zero-order valence-electron chi connectivity index (χ0n) is 11.9. The summed E-state index contributed by atoms with van der Waals surface area (Å²) in [7, 11) is 0. The number of fused-ring (bicyclic) bond motifs is 1. The van der Waals surface area contributed by atoms with Crippen molar-refractivity contribution < 1.29 is 9.50 Å². The Kier molecular flexibility index (Phi) is 4.25. The summed E-state index contributed by atoms with van der Waals surface area (Å²) in [6.45, 7) is -0.0459. The molecule has 0 amide bonds. The molecule has 4 nitrogen and oxygen atoms in total. The first kappa shape index (κ1) is 14.4. The van der Waals surface area contributed by atoms with Crippen molar-refractivity contribution in [3.8, 4) is 0 Å². The van der Waals surface area contributed by atoms with E-state index in [1.807, 2.05) is 30.3 Å². The number of rotatable bonds is 5. The van der Waals surface area contributed by atoms with E-state index in [-0.39, 0.29) is 18.5 Å². The van der Waals surface area contributed by atoms with Gasteiger partial charge >= 0.3 is 0 Å². The molecule has 0 aliphatic heterocycles. The van der Waals surface area contributed by atoms with Crippen molar-refractivity contribution in [3.05, 3.63) is 66.2 Å². The lowest BCUT2D eigenvalue weighted by molar-refractivity contribution is 0.273. The van der Waals surface area contributed by atoms with Crippen molar-refractivity contribution in [2.75, 3.05) is 11.9 Å². The fourth-order valence-corrected chi connectivity index (χ4v) is 2.40. The summed E-state index contributed by atoms with van der Waals surface area (Å²) in [5.41, 5.74) is 1.77. The summed E-state index contributed by atoms with van der Waals surface area (Å²) < 4.78 is 13.5. The second-order valence-corrected chi connectivity index (χ2v) is 5.10. The van der Waals surface area contributed by atoms with Gasteiger partial charge < -0.3 is 10.4 Å². The third-order valence-corrected chi connectivity index (χ3v) is 3.48. The quantitative estimate of drug-likeness (QED) is 0.760. The van der Waals surface area contributed by atoms with Crippen LogP contribution in [0.25, 0.3) is 10.9 Å². The van der Waals surface area contributed by atoms with Gasteiger partial charge in [0.2, 0.25) is 0 Å². The standard InChI is InChI=1S/C17H16FN3O/c18-13-6-7-16-15(9-13)17(20-11-19-16)21-14(10-22)8-12-4-2-1-3-5-12/h1-7,9,11,14,22H,8,10H2,(H,19,20,21)/t14-/m0/s1. The lowest BCUT2D eigenvalue weighted by atomic mass is 10.1. The van der Waals surface area contributed by atoms with Gasteiger partial charge in [0.15, 0.2) is 0 Å².